The van der Waals surface area contributed by atoms with Crippen molar-refractivity contribution in [2.24, 2.45) is 0 Å². The highest BCUT2D eigenvalue weighted by atomic mass is 16.5. The number of carbonyl (C=O) groups is 2. The zero-order chi connectivity index (χ0) is 54.3. The van der Waals surface area contributed by atoms with E-state index in [0.717, 1.165) is 51.4 Å². The van der Waals surface area contributed by atoms with Crippen molar-refractivity contribution < 1.29 is 24.5 Å². The Labute approximate surface area is 468 Å². The van der Waals surface area contributed by atoms with E-state index in [1.54, 1.807) is 0 Å². The van der Waals surface area contributed by atoms with Crippen molar-refractivity contribution in [3.63, 3.8) is 0 Å². The van der Waals surface area contributed by atoms with Crippen molar-refractivity contribution in [1.82, 2.24) is 5.32 Å². The minimum absolute atomic E-state index is 0.00269. The summed E-state index contributed by atoms with van der Waals surface area (Å²) < 4.78 is 5.49. The molecule has 0 bridgehead atoms. The quantitative estimate of drug-likeness (QED) is 0.0320. The summed E-state index contributed by atoms with van der Waals surface area (Å²) in [6.07, 6.45) is 81.7. The number of nitrogens with one attached hydrogen (secondary N) is 1. The fraction of sp³-hybridized carbons (Fsp3) is 0.884. The molecule has 2 atom stereocenters. The van der Waals surface area contributed by atoms with Crippen LogP contribution < -0.4 is 5.32 Å². The molecule has 75 heavy (non-hydrogen) atoms. The molecule has 0 saturated heterocycles. The molecule has 1 amide bonds. The molecule has 0 aliphatic rings. The fourth-order valence-electron chi connectivity index (χ4n) is 10.5. The molecule has 6 heteroatoms. The molecule has 0 aromatic carbocycles. The van der Waals surface area contributed by atoms with Crippen molar-refractivity contribution in [1.29, 1.82) is 0 Å². The number of ether oxygens (including phenoxy) is 1. The van der Waals surface area contributed by atoms with Gasteiger partial charge in [-0.3, -0.25) is 9.59 Å². The molecule has 0 spiro atoms. The van der Waals surface area contributed by atoms with E-state index >= 15 is 0 Å². The predicted molar refractivity (Wildman–Crippen MR) is 329 cm³/mol. The summed E-state index contributed by atoms with van der Waals surface area (Å²) in [7, 11) is 0. The highest BCUT2D eigenvalue weighted by Crippen LogP contribution is 2.18. The molecular formula is C69H131NO5. The average Bonchev–Trinajstić information content (AvgIpc) is 3.41. The number of aliphatic hydroxyl groups is 2. The van der Waals surface area contributed by atoms with Crippen LogP contribution in [0.2, 0.25) is 0 Å². The molecule has 0 fully saturated rings. The van der Waals surface area contributed by atoms with Gasteiger partial charge >= 0.3 is 5.97 Å². The predicted octanol–water partition coefficient (Wildman–Crippen LogP) is 21.5. The zero-order valence-electron chi connectivity index (χ0n) is 50.5. The molecule has 6 nitrogen and oxygen atoms in total. The number of allylic oxidation sites excluding steroid dienone is 6. The van der Waals surface area contributed by atoms with Crippen LogP contribution in [0.3, 0.4) is 0 Å². The first-order valence-electron chi connectivity index (χ1n) is 33.7. The highest BCUT2D eigenvalue weighted by molar-refractivity contribution is 5.76. The van der Waals surface area contributed by atoms with Crippen LogP contribution in [0.1, 0.15) is 367 Å². The third-order valence-electron chi connectivity index (χ3n) is 15.7. The lowest BCUT2D eigenvalue weighted by molar-refractivity contribution is -0.143. The maximum absolute atomic E-state index is 12.5. The number of aliphatic hydroxyl groups excluding tert-OH is 2. The molecule has 3 N–H and O–H groups in total. The minimum Gasteiger partial charge on any atom is -0.466 e. The Balaban J connectivity index is 3.42. The SMILES string of the molecule is CCCCC/C=C\C/C=C\CCCCCCCCCC(=O)OCCCCCCCCCCCCC/C=C\CCCCCCCCCC(=O)NC(CO)C(O)CCCCCCCCCCCCCCCCCCCCC. The van der Waals surface area contributed by atoms with Gasteiger partial charge in [0.05, 0.1) is 25.4 Å². The lowest BCUT2D eigenvalue weighted by Crippen LogP contribution is -2.45. The number of esters is 1. The maximum Gasteiger partial charge on any atom is 0.305 e. The Morgan fingerprint density at radius 1 is 0.373 bits per heavy atom. The van der Waals surface area contributed by atoms with Crippen LogP contribution in [0.4, 0.5) is 0 Å². The minimum atomic E-state index is -0.670. The van der Waals surface area contributed by atoms with Crippen LogP contribution in [-0.2, 0) is 14.3 Å². The topological polar surface area (TPSA) is 95.9 Å². The van der Waals surface area contributed by atoms with Crippen molar-refractivity contribution in [2.45, 2.75) is 379 Å². The van der Waals surface area contributed by atoms with Crippen molar-refractivity contribution in [3.05, 3.63) is 36.5 Å². The molecule has 0 radical (unpaired) electrons. The number of hydrogen-bond acceptors (Lipinski definition) is 5. The first-order valence-corrected chi connectivity index (χ1v) is 33.7. The van der Waals surface area contributed by atoms with Crippen LogP contribution in [-0.4, -0.2) is 47.4 Å². The third-order valence-corrected chi connectivity index (χ3v) is 15.7. The van der Waals surface area contributed by atoms with Gasteiger partial charge in [-0.2, -0.15) is 0 Å². The normalized spacial score (nSPS) is 12.7. The molecule has 0 heterocycles. The summed E-state index contributed by atoms with van der Waals surface area (Å²) in [4.78, 5) is 24.6. The standard InChI is InChI=1S/C69H131NO5/c1-3-5-7-9-11-13-15-17-19-21-26-30-33-37-41-45-49-53-57-61-67(72)66(65-71)70-68(73)62-58-54-50-46-42-38-34-31-27-24-22-23-25-28-32-36-40-44-48-52-56-60-64-75-69(74)63-59-55-51-47-43-39-35-29-20-18-16-14-12-10-8-6-4-2/h12,14,18,20,24,27,66-67,71-72H,3-11,13,15-17,19,21-23,25-26,28-65H2,1-2H3,(H,70,73)/b14-12-,20-18-,27-24-. The van der Waals surface area contributed by atoms with Gasteiger partial charge in [0, 0.05) is 12.8 Å². The third kappa shape index (κ3) is 61.2. The Hall–Kier alpha value is -1.92. The fourth-order valence-corrected chi connectivity index (χ4v) is 10.5. The zero-order valence-corrected chi connectivity index (χ0v) is 50.5. The summed E-state index contributed by atoms with van der Waals surface area (Å²) in [5.41, 5.74) is 0. The van der Waals surface area contributed by atoms with E-state index < -0.39 is 12.1 Å². The molecule has 0 aliphatic heterocycles. The lowest BCUT2D eigenvalue weighted by Gasteiger charge is -2.22. The Bertz CT molecular complexity index is 1210. The van der Waals surface area contributed by atoms with Crippen molar-refractivity contribution in [2.75, 3.05) is 13.2 Å². The van der Waals surface area contributed by atoms with Crippen LogP contribution in [0.15, 0.2) is 36.5 Å². The van der Waals surface area contributed by atoms with Crippen LogP contribution in [0.5, 0.6) is 0 Å². The van der Waals surface area contributed by atoms with E-state index in [9.17, 15) is 19.8 Å². The second kappa shape index (κ2) is 64.6. The van der Waals surface area contributed by atoms with Crippen LogP contribution in [0.25, 0.3) is 0 Å². The maximum atomic E-state index is 12.5. The van der Waals surface area contributed by atoms with Gasteiger partial charge in [0.15, 0.2) is 0 Å². The Morgan fingerprint density at radius 2 is 0.667 bits per heavy atom. The molecular weight excluding hydrogens is 923 g/mol. The molecule has 0 aromatic heterocycles. The van der Waals surface area contributed by atoms with E-state index in [-0.39, 0.29) is 18.5 Å². The van der Waals surface area contributed by atoms with E-state index in [1.165, 1.54) is 283 Å². The van der Waals surface area contributed by atoms with Gasteiger partial charge in [0.1, 0.15) is 0 Å². The largest absolute Gasteiger partial charge is 0.466 e. The van der Waals surface area contributed by atoms with E-state index in [4.69, 9.17) is 4.74 Å². The summed E-state index contributed by atoms with van der Waals surface area (Å²) in [5, 5.41) is 23.4. The van der Waals surface area contributed by atoms with E-state index in [1.807, 2.05) is 0 Å². The molecule has 2 unspecified atom stereocenters. The molecule has 0 aliphatic carbocycles. The summed E-state index contributed by atoms with van der Waals surface area (Å²) in [5.74, 6) is -0.0364. The van der Waals surface area contributed by atoms with Crippen molar-refractivity contribution in [3.8, 4) is 0 Å². The molecule has 0 aromatic rings. The number of unbranched alkanes of at least 4 members (excludes halogenated alkanes) is 46. The molecule has 0 saturated carbocycles. The average molecular weight is 1050 g/mol. The van der Waals surface area contributed by atoms with Gasteiger partial charge in [-0.1, -0.05) is 307 Å². The van der Waals surface area contributed by atoms with Crippen molar-refractivity contribution >= 4 is 11.9 Å². The second-order valence-electron chi connectivity index (χ2n) is 23.1. The van der Waals surface area contributed by atoms with Gasteiger partial charge < -0.3 is 20.3 Å². The van der Waals surface area contributed by atoms with Gasteiger partial charge in [-0.15, -0.1) is 0 Å². The smallest absolute Gasteiger partial charge is 0.305 e. The molecule has 0 rings (SSSR count). The lowest BCUT2D eigenvalue weighted by atomic mass is 10.0. The highest BCUT2D eigenvalue weighted by Gasteiger charge is 2.20. The van der Waals surface area contributed by atoms with Gasteiger partial charge in [-0.25, -0.2) is 0 Å². The first kappa shape index (κ1) is 73.1. The van der Waals surface area contributed by atoms with E-state index in [0.29, 0.717) is 25.9 Å². The second-order valence-corrected chi connectivity index (χ2v) is 23.1. The van der Waals surface area contributed by atoms with Crippen LogP contribution in [0, 0.1) is 0 Å². The number of rotatable bonds is 63. The van der Waals surface area contributed by atoms with Crippen LogP contribution >= 0.6 is 0 Å². The van der Waals surface area contributed by atoms with Gasteiger partial charge in [0.25, 0.3) is 0 Å². The number of carbonyl (C=O) groups excluding carboxylic acids is 2. The Morgan fingerprint density at radius 3 is 1.05 bits per heavy atom. The molecule has 442 valence electrons. The Kier molecular flexibility index (Phi) is 63.0. The monoisotopic (exact) mass is 1050 g/mol. The van der Waals surface area contributed by atoms with Gasteiger partial charge in [0.2, 0.25) is 5.91 Å². The first-order chi connectivity index (χ1) is 37.0. The number of hydrogen-bond donors (Lipinski definition) is 3. The van der Waals surface area contributed by atoms with E-state index in [2.05, 4.69) is 55.6 Å². The summed E-state index contributed by atoms with van der Waals surface area (Å²) in [6, 6.07) is -0.548. The number of amides is 1. The summed E-state index contributed by atoms with van der Waals surface area (Å²) in [6.45, 7) is 4.95. The summed E-state index contributed by atoms with van der Waals surface area (Å²) >= 11 is 0. The van der Waals surface area contributed by atoms with Gasteiger partial charge in [-0.05, 0) is 83.5 Å².